The van der Waals surface area contributed by atoms with Crippen LogP contribution in [0.4, 0.5) is 0 Å². The summed E-state index contributed by atoms with van der Waals surface area (Å²) in [7, 11) is 0. The number of hydrogen-bond acceptors (Lipinski definition) is 3. The largest absolute Gasteiger partial charge is 0.379 e. The van der Waals surface area contributed by atoms with Crippen LogP contribution in [0.5, 0.6) is 0 Å². The van der Waals surface area contributed by atoms with Gasteiger partial charge in [-0.15, -0.1) is 0 Å². The van der Waals surface area contributed by atoms with Crippen molar-refractivity contribution in [3.05, 3.63) is 47.5 Å². The first-order valence-electron chi connectivity index (χ1n) is 8.03. The van der Waals surface area contributed by atoms with Gasteiger partial charge in [0.25, 0.3) is 0 Å². The lowest BCUT2D eigenvalue weighted by Crippen LogP contribution is -2.41. The van der Waals surface area contributed by atoms with E-state index in [-0.39, 0.29) is 5.91 Å². The summed E-state index contributed by atoms with van der Waals surface area (Å²) in [6.45, 7) is 7.13. The second-order valence-electron chi connectivity index (χ2n) is 5.72. The molecule has 0 saturated carbocycles. The first-order chi connectivity index (χ1) is 10.7. The fraction of sp³-hybridized carbons (Fsp3) is 0.500. The monoisotopic (exact) mass is 302 g/mol. The van der Waals surface area contributed by atoms with Crippen molar-refractivity contribution in [2.24, 2.45) is 0 Å². The Balaban J connectivity index is 1.63. The van der Waals surface area contributed by atoms with Crippen molar-refractivity contribution in [1.29, 1.82) is 0 Å². The van der Waals surface area contributed by atoms with Gasteiger partial charge in [-0.3, -0.25) is 9.69 Å². The van der Waals surface area contributed by atoms with Gasteiger partial charge in [-0.05, 0) is 25.3 Å². The summed E-state index contributed by atoms with van der Waals surface area (Å²) in [5.74, 6) is 0.0128. The molecular weight excluding hydrogens is 276 g/mol. The van der Waals surface area contributed by atoms with Gasteiger partial charge in [-0.2, -0.15) is 0 Å². The molecule has 1 heterocycles. The Morgan fingerprint density at radius 2 is 2.00 bits per heavy atom. The van der Waals surface area contributed by atoms with Crippen molar-refractivity contribution in [2.75, 3.05) is 39.4 Å². The molecule has 0 bridgehead atoms. The third-order valence-corrected chi connectivity index (χ3v) is 3.86. The Morgan fingerprint density at radius 1 is 1.27 bits per heavy atom. The van der Waals surface area contributed by atoms with Gasteiger partial charge in [0.15, 0.2) is 0 Å². The van der Waals surface area contributed by atoms with Crippen LogP contribution < -0.4 is 5.32 Å². The average Bonchev–Trinajstić information content (AvgIpc) is 2.55. The number of benzene rings is 1. The Morgan fingerprint density at radius 3 is 2.73 bits per heavy atom. The Bertz CT molecular complexity index is 479. The van der Waals surface area contributed by atoms with Crippen molar-refractivity contribution in [2.45, 2.75) is 19.8 Å². The predicted octanol–water partition coefficient (Wildman–Crippen LogP) is 2.01. The number of carbonyl (C=O) groups excluding carboxylic acids is 1. The fourth-order valence-electron chi connectivity index (χ4n) is 2.50. The zero-order valence-corrected chi connectivity index (χ0v) is 13.4. The molecule has 1 aliphatic heterocycles. The second-order valence-corrected chi connectivity index (χ2v) is 5.72. The molecule has 0 unspecified atom stereocenters. The SMILES string of the molecule is C/C(=C\C(=O)NCCN1CCOCC1)CCc1ccccc1. The van der Waals surface area contributed by atoms with Crippen LogP contribution in [0.1, 0.15) is 18.9 Å². The Kier molecular flexibility index (Phi) is 7.13. The first kappa shape index (κ1) is 16.7. The number of amides is 1. The van der Waals surface area contributed by atoms with E-state index in [1.807, 2.05) is 25.1 Å². The van der Waals surface area contributed by atoms with Gasteiger partial charge in [0.2, 0.25) is 5.91 Å². The van der Waals surface area contributed by atoms with E-state index in [1.54, 1.807) is 6.08 Å². The number of aryl methyl sites for hydroxylation is 1. The first-order valence-corrected chi connectivity index (χ1v) is 8.03. The van der Waals surface area contributed by atoms with Gasteiger partial charge in [0.1, 0.15) is 0 Å². The van der Waals surface area contributed by atoms with Gasteiger partial charge < -0.3 is 10.1 Å². The highest BCUT2D eigenvalue weighted by molar-refractivity contribution is 5.88. The van der Waals surface area contributed by atoms with E-state index in [0.717, 1.165) is 51.3 Å². The number of rotatable bonds is 7. The zero-order chi connectivity index (χ0) is 15.6. The number of hydrogen-bond donors (Lipinski definition) is 1. The normalized spacial score (nSPS) is 16.5. The standard InChI is InChI=1S/C18H26N2O2/c1-16(7-8-17-5-3-2-4-6-17)15-18(21)19-9-10-20-11-13-22-14-12-20/h2-6,15H,7-14H2,1H3,(H,19,21)/b16-15+. The van der Waals surface area contributed by atoms with Gasteiger partial charge in [-0.1, -0.05) is 35.9 Å². The van der Waals surface area contributed by atoms with Gasteiger partial charge in [0.05, 0.1) is 13.2 Å². The molecule has 0 radical (unpaired) electrons. The van der Waals surface area contributed by atoms with E-state index in [1.165, 1.54) is 5.56 Å². The van der Waals surface area contributed by atoms with Crippen LogP contribution in [0.2, 0.25) is 0 Å². The quantitative estimate of drug-likeness (QED) is 0.784. The number of allylic oxidation sites excluding steroid dienone is 1. The lowest BCUT2D eigenvalue weighted by atomic mass is 10.1. The number of ether oxygens (including phenoxy) is 1. The molecule has 4 heteroatoms. The molecule has 1 fully saturated rings. The van der Waals surface area contributed by atoms with E-state index >= 15 is 0 Å². The predicted molar refractivity (Wildman–Crippen MR) is 88.8 cm³/mol. The van der Waals surface area contributed by atoms with Crippen molar-refractivity contribution in [3.8, 4) is 0 Å². The van der Waals surface area contributed by atoms with Crippen LogP contribution in [-0.4, -0.2) is 50.2 Å². The fourth-order valence-corrected chi connectivity index (χ4v) is 2.50. The Labute approximate surface area is 133 Å². The molecule has 1 N–H and O–H groups in total. The van der Waals surface area contributed by atoms with Gasteiger partial charge in [0, 0.05) is 32.3 Å². The van der Waals surface area contributed by atoms with Crippen molar-refractivity contribution in [1.82, 2.24) is 10.2 Å². The maximum absolute atomic E-state index is 11.9. The molecule has 120 valence electrons. The summed E-state index contributed by atoms with van der Waals surface area (Å²) in [4.78, 5) is 14.2. The highest BCUT2D eigenvalue weighted by Gasteiger charge is 2.09. The lowest BCUT2D eigenvalue weighted by molar-refractivity contribution is -0.116. The van der Waals surface area contributed by atoms with E-state index in [9.17, 15) is 4.79 Å². The number of nitrogens with one attached hydrogen (secondary N) is 1. The zero-order valence-electron chi connectivity index (χ0n) is 13.4. The van der Waals surface area contributed by atoms with Crippen molar-refractivity contribution < 1.29 is 9.53 Å². The molecule has 1 saturated heterocycles. The molecule has 2 rings (SSSR count). The van der Waals surface area contributed by atoms with Crippen LogP contribution in [-0.2, 0) is 16.0 Å². The van der Waals surface area contributed by atoms with Crippen LogP contribution in [0.25, 0.3) is 0 Å². The number of morpholine rings is 1. The molecule has 0 aromatic heterocycles. The van der Waals surface area contributed by atoms with Gasteiger partial charge in [-0.25, -0.2) is 0 Å². The summed E-state index contributed by atoms with van der Waals surface area (Å²) in [5.41, 5.74) is 2.43. The highest BCUT2D eigenvalue weighted by Crippen LogP contribution is 2.08. The summed E-state index contributed by atoms with van der Waals surface area (Å²) in [6, 6.07) is 10.4. The lowest BCUT2D eigenvalue weighted by Gasteiger charge is -2.26. The summed E-state index contributed by atoms with van der Waals surface area (Å²) >= 11 is 0. The van der Waals surface area contributed by atoms with E-state index in [2.05, 4.69) is 22.3 Å². The Hall–Kier alpha value is -1.65. The number of carbonyl (C=O) groups is 1. The van der Waals surface area contributed by atoms with Gasteiger partial charge >= 0.3 is 0 Å². The molecule has 4 nitrogen and oxygen atoms in total. The van der Waals surface area contributed by atoms with Crippen LogP contribution in [0.15, 0.2) is 42.0 Å². The molecule has 1 aromatic rings. The van der Waals surface area contributed by atoms with Crippen molar-refractivity contribution >= 4 is 5.91 Å². The van der Waals surface area contributed by atoms with Crippen molar-refractivity contribution in [3.63, 3.8) is 0 Å². The minimum Gasteiger partial charge on any atom is -0.379 e. The molecule has 1 aliphatic rings. The molecule has 0 aliphatic carbocycles. The average molecular weight is 302 g/mol. The number of nitrogens with zero attached hydrogens (tertiary/aromatic N) is 1. The molecule has 0 spiro atoms. The van der Waals surface area contributed by atoms with E-state index < -0.39 is 0 Å². The minimum atomic E-state index is 0.0128. The topological polar surface area (TPSA) is 41.6 Å². The van der Waals surface area contributed by atoms with E-state index in [0.29, 0.717) is 6.54 Å². The van der Waals surface area contributed by atoms with Crippen LogP contribution >= 0.6 is 0 Å². The third kappa shape index (κ3) is 6.41. The highest BCUT2D eigenvalue weighted by atomic mass is 16.5. The molecule has 0 atom stereocenters. The molecule has 1 aromatic carbocycles. The van der Waals surface area contributed by atoms with Crippen LogP contribution in [0, 0.1) is 0 Å². The summed E-state index contributed by atoms with van der Waals surface area (Å²) in [5, 5.41) is 2.96. The second kappa shape index (κ2) is 9.38. The van der Waals surface area contributed by atoms with E-state index in [4.69, 9.17) is 4.74 Å². The molecule has 1 amide bonds. The maximum Gasteiger partial charge on any atom is 0.243 e. The minimum absolute atomic E-state index is 0.0128. The third-order valence-electron chi connectivity index (χ3n) is 3.86. The summed E-state index contributed by atoms with van der Waals surface area (Å²) in [6.07, 6.45) is 3.62. The smallest absolute Gasteiger partial charge is 0.243 e. The maximum atomic E-state index is 11.9. The molecular formula is C18H26N2O2. The summed E-state index contributed by atoms with van der Waals surface area (Å²) < 4.78 is 5.30. The molecule has 22 heavy (non-hydrogen) atoms. The van der Waals surface area contributed by atoms with Crippen LogP contribution in [0.3, 0.4) is 0 Å².